The van der Waals surface area contributed by atoms with Gasteiger partial charge in [-0.1, -0.05) is 18.2 Å². The van der Waals surface area contributed by atoms with Crippen LogP contribution in [0.25, 0.3) is 11.0 Å². The second-order valence-corrected chi connectivity index (χ2v) is 7.50. The van der Waals surface area contributed by atoms with E-state index in [4.69, 9.17) is 4.42 Å². The maximum absolute atomic E-state index is 12.4. The van der Waals surface area contributed by atoms with E-state index in [9.17, 15) is 4.79 Å². The van der Waals surface area contributed by atoms with E-state index in [0.29, 0.717) is 13.0 Å². The van der Waals surface area contributed by atoms with E-state index in [2.05, 4.69) is 29.5 Å². The highest BCUT2D eigenvalue weighted by atomic mass is 16.3. The van der Waals surface area contributed by atoms with E-state index < -0.39 is 0 Å². The average Bonchev–Trinajstić information content (AvgIpc) is 3.24. The van der Waals surface area contributed by atoms with E-state index in [1.54, 1.807) is 0 Å². The standard InChI is InChI=1S/C21H26N4O2/c1-13-20(14(2)25(4)23-13)21-16(10-19(26)24(21)3)11-22-12-17-9-15-7-5-6-8-18(15)27-17/h5-9,16,21-22H,10-12H2,1-4H3/t16-,21+/m0/s1. The lowest BCUT2D eigenvalue weighted by molar-refractivity contribution is -0.127. The number of amides is 1. The molecule has 1 N–H and O–H groups in total. The van der Waals surface area contributed by atoms with Crippen molar-refractivity contribution in [3.8, 4) is 0 Å². The van der Waals surface area contributed by atoms with Crippen molar-refractivity contribution in [2.45, 2.75) is 32.9 Å². The van der Waals surface area contributed by atoms with Gasteiger partial charge >= 0.3 is 0 Å². The first-order valence-corrected chi connectivity index (χ1v) is 9.39. The molecule has 0 radical (unpaired) electrons. The highest BCUT2D eigenvalue weighted by molar-refractivity contribution is 5.79. The first kappa shape index (κ1) is 17.8. The summed E-state index contributed by atoms with van der Waals surface area (Å²) in [5.41, 5.74) is 4.22. The van der Waals surface area contributed by atoms with Gasteiger partial charge in [-0.3, -0.25) is 9.48 Å². The van der Waals surface area contributed by atoms with Gasteiger partial charge in [-0.05, 0) is 26.0 Å². The zero-order valence-corrected chi connectivity index (χ0v) is 16.3. The van der Waals surface area contributed by atoms with E-state index in [0.717, 1.165) is 34.7 Å². The van der Waals surface area contributed by atoms with Crippen LogP contribution in [-0.4, -0.2) is 34.2 Å². The number of furan rings is 1. The Morgan fingerprint density at radius 2 is 2.04 bits per heavy atom. The molecule has 4 rings (SSSR count). The monoisotopic (exact) mass is 366 g/mol. The van der Waals surface area contributed by atoms with Crippen LogP contribution < -0.4 is 5.32 Å². The van der Waals surface area contributed by atoms with E-state index in [-0.39, 0.29) is 17.9 Å². The Balaban J connectivity index is 1.49. The summed E-state index contributed by atoms with van der Waals surface area (Å²) >= 11 is 0. The minimum absolute atomic E-state index is 0.0642. The third-order valence-corrected chi connectivity index (χ3v) is 5.74. The van der Waals surface area contributed by atoms with Crippen molar-refractivity contribution >= 4 is 16.9 Å². The summed E-state index contributed by atoms with van der Waals surface area (Å²) in [7, 11) is 3.86. The second-order valence-electron chi connectivity index (χ2n) is 7.50. The number of nitrogens with zero attached hydrogens (tertiary/aromatic N) is 3. The van der Waals surface area contributed by atoms with E-state index in [1.165, 1.54) is 5.56 Å². The van der Waals surface area contributed by atoms with Gasteiger partial charge < -0.3 is 14.6 Å². The molecule has 1 fully saturated rings. The number of nitrogens with one attached hydrogen (secondary N) is 1. The maximum Gasteiger partial charge on any atom is 0.223 e. The molecule has 2 atom stereocenters. The van der Waals surface area contributed by atoms with Crippen LogP contribution in [0.2, 0.25) is 0 Å². The van der Waals surface area contributed by atoms with Gasteiger partial charge in [-0.25, -0.2) is 0 Å². The lowest BCUT2D eigenvalue weighted by atomic mass is 9.92. The first-order chi connectivity index (χ1) is 13.0. The summed E-state index contributed by atoms with van der Waals surface area (Å²) < 4.78 is 7.78. The zero-order valence-electron chi connectivity index (χ0n) is 16.3. The summed E-state index contributed by atoms with van der Waals surface area (Å²) in [5, 5.41) is 9.15. The van der Waals surface area contributed by atoms with Crippen molar-refractivity contribution in [3.05, 3.63) is 53.0 Å². The predicted octanol–water partition coefficient (Wildman–Crippen LogP) is 3.09. The molecule has 6 heteroatoms. The number of carbonyl (C=O) groups excluding carboxylic acids is 1. The minimum Gasteiger partial charge on any atom is -0.460 e. The number of benzene rings is 1. The van der Waals surface area contributed by atoms with Gasteiger partial charge in [0.25, 0.3) is 0 Å². The third kappa shape index (κ3) is 3.14. The number of carbonyl (C=O) groups is 1. The Hall–Kier alpha value is -2.60. The molecule has 1 aliphatic heterocycles. The van der Waals surface area contributed by atoms with Crippen LogP contribution in [0.1, 0.15) is 35.2 Å². The quantitative estimate of drug-likeness (QED) is 0.754. The van der Waals surface area contributed by atoms with Crippen molar-refractivity contribution in [2.75, 3.05) is 13.6 Å². The topological polar surface area (TPSA) is 63.3 Å². The Labute approximate surface area is 159 Å². The lowest BCUT2D eigenvalue weighted by Crippen LogP contribution is -2.29. The average molecular weight is 366 g/mol. The molecule has 1 amide bonds. The molecule has 142 valence electrons. The first-order valence-electron chi connectivity index (χ1n) is 9.39. The minimum atomic E-state index is 0.0642. The molecule has 1 aliphatic rings. The Kier molecular flexibility index (Phi) is 4.52. The van der Waals surface area contributed by atoms with Crippen LogP contribution in [0.15, 0.2) is 34.7 Å². The summed E-state index contributed by atoms with van der Waals surface area (Å²) in [6, 6.07) is 10.2. The highest BCUT2D eigenvalue weighted by Gasteiger charge is 2.40. The summed E-state index contributed by atoms with van der Waals surface area (Å²) in [5.74, 6) is 1.32. The van der Waals surface area contributed by atoms with Crippen molar-refractivity contribution in [2.24, 2.45) is 13.0 Å². The van der Waals surface area contributed by atoms with Crippen molar-refractivity contribution in [1.82, 2.24) is 20.0 Å². The molecule has 0 unspecified atom stereocenters. The van der Waals surface area contributed by atoms with Gasteiger partial charge in [0.2, 0.25) is 5.91 Å². The fourth-order valence-corrected chi connectivity index (χ4v) is 4.29. The molecule has 3 aromatic rings. The van der Waals surface area contributed by atoms with Gasteiger partial charge in [-0.15, -0.1) is 0 Å². The second kappa shape index (κ2) is 6.85. The fraction of sp³-hybridized carbons (Fsp3) is 0.429. The Morgan fingerprint density at radius 3 is 2.74 bits per heavy atom. The number of fused-ring (bicyclic) bond motifs is 1. The largest absolute Gasteiger partial charge is 0.460 e. The van der Waals surface area contributed by atoms with Gasteiger partial charge in [0.15, 0.2) is 0 Å². The normalized spacial score (nSPS) is 20.1. The van der Waals surface area contributed by atoms with Gasteiger partial charge in [0.1, 0.15) is 11.3 Å². The van der Waals surface area contributed by atoms with Crippen LogP contribution >= 0.6 is 0 Å². The molecule has 0 bridgehead atoms. The number of hydrogen-bond donors (Lipinski definition) is 1. The smallest absolute Gasteiger partial charge is 0.223 e. The van der Waals surface area contributed by atoms with Crippen LogP contribution in [-0.2, 0) is 18.4 Å². The highest BCUT2D eigenvalue weighted by Crippen LogP contribution is 2.39. The number of rotatable bonds is 5. The molecule has 3 heterocycles. The molecular formula is C21H26N4O2. The van der Waals surface area contributed by atoms with Crippen LogP contribution in [0.5, 0.6) is 0 Å². The van der Waals surface area contributed by atoms with Crippen molar-refractivity contribution in [1.29, 1.82) is 0 Å². The molecule has 6 nitrogen and oxygen atoms in total. The molecule has 27 heavy (non-hydrogen) atoms. The zero-order chi connectivity index (χ0) is 19.1. The van der Waals surface area contributed by atoms with E-state index in [1.807, 2.05) is 48.8 Å². The van der Waals surface area contributed by atoms with Crippen molar-refractivity contribution < 1.29 is 9.21 Å². The molecular weight excluding hydrogens is 340 g/mol. The molecule has 0 saturated carbocycles. The molecule has 0 spiro atoms. The summed E-state index contributed by atoms with van der Waals surface area (Å²) in [6.45, 7) is 5.51. The van der Waals surface area contributed by atoms with Crippen LogP contribution in [0, 0.1) is 19.8 Å². The van der Waals surface area contributed by atoms with Gasteiger partial charge in [-0.2, -0.15) is 5.10 Å². The fourth-order valence-electron chi connectivity index (χ4n) is 4.29. The lowest BCUT2D eigenvalue weighted by Gasteiger charge is -2.26. The number of para-hydroxylation sites is 1. The Morgan fingerprint density at radius 1 is 1.26 bits per heavy atom. The van der Waals surface area contributed by atoms with Crippen LogP contribution in [0.3, 0.4) is 0 Å². The number of aromatic nitrogens is 2. The summed E-state index contributed by atoms with van der Waals surface area (Å²) in [6.07, 6.45) is 0.558. The number of aryl methyl sites for hydroxylation is 2. The molecule has 2 aromatic heterocycles. The van der Waals surface area contributed by atoms with Crippen LogP contribution in [0.4, 0.5) is 0 Å². The molecule has 1 saturated heterocycles. The Bertz CT molecular complexity index is 954. The SMILES string of the molecule is Cc1nn(C)c(C)c1[C@H]1[C@H](CNCc2cc3ccccc3o2)CC(=O)N1C. The summed E-state index contributed by atoms with van der Waals surface area (Å²) in [4.78, 5) is 14.3. The van der Waals surface area contributed by atoms with E-state index >= 15 is 0 Å². The van der Waals surface area contributed by atoms with Gasteiger partial charge in [0, 0.05) is 49.6 Å². The number of likely N-dealkylation sites (tertiary alicyclic amines) is 1. The molecule has 0 aliphatic carbocycles. The maximum atomic E-state index is 12.4. The number of hydrogen-bond acceptors (Lipinski definition) is 4. The molecule has 1 aromatic carbocycles. The van der Waals surface area contributed by atoms with Crippen molar-refractivity contribution in [3.63, 3.8) is 0 Å². The predicted molar refractivity (Wildman–Crippen MR) is 104 cm³/mol. The third-order valence-electron chi connectivity index (χ3n) is 5.74. The van der Waals surface area contributed by atoms with Gasteiger partial charge in [0.05, 0.1) is 18.3 Å².